The first-order valence-electron chi connectivity index (χ1n) is 11.6. The van der Waals surface area contributed by atoms with E-state index in [9.17, 15) is 9.59 Å². The summed E-state index contributed by atoms with van der Waals surface area (Å²) < 4.78 is 0. The zero-order valence-corrected chi connectivity index (χ0v) is 20.4. The Kier molecular flexibility index (Phi) is 9.58. The van der Waals surface area contributed by atoms with E-state index in [4.69, 9.17) is 17.2 Å². The fourth-order valence-electron chi connectivity index (χ4n) is 3.91. The molecule has 180 valence electrons. The average molecular weight is 454 g/mol. The van der Waals surface area contributed by atoms with E-state index in [0.717, 1.165) is 23.4 Å². The molecule has 0 aliphatic rings. The number of carbonyl (C=O) groups is 2. The number of hydrogen-bond donors (Lipinski definition) is 3. The molecule has 0 saturated carbocycles. The largest absolute Gasteiger partial charge is 0.373 e. The summed E-state index contributed by atoms with van der Waals surface area (Å²) in [4.78, 5) is 29.5. The quantitative estimate of drug-likeness (QED) is 0.424. The van der Waals surface area contributed by atoms with Crippen molar-refractivity contribution in [3.63, 3.8) is 0 Å². The van der Waals surface area contributed by atoms with Crippen LogP contribution in [0.3, 0.4) is 0 Å². The van der Waals surface area contributed by atoms with Gasteiger partial charge in [0.05, 0.1) is 11.5 Å². The molecule has 6 N–H and O–H groups in total. The zero-order valence-electron chi connectivity index (χ0n) is 20.4. The number of anilines is 1. The lowest BCUT2D eigenvalue weighted by Crippen LogP contribution is -2.49. The molecule has 1 amide bonds. The Labute approximate surface area is 197 Å². The highest BCUT2D eigenvalue weighted by atomic mass is 16.2. The standard InChI is InChI=1S/C26H39N5O2/c1-5-26(29,24(32)22-10-12-23(13-11-22)30(3)16-14-27)18-20-6-8-21(9-7-20)19(2)25(33)31(4)17-15-28/h6-13,19H,5,14-18,27-29H2,1-4H3. The summed E-state index contributed by atoms with van der Waals surface area (Å²) in [6.07, 6.45) is 0.939. The Morgan fingerprint density at radius 3 is 2.03 bits per heavy atom. The van der Waals surface area contributed by atoms with Crippen molar-refractivity contribution in [2.75, 3.05) is 45.2 Å². The van der Waals surface area contributed by atoms with Gasteiger partial charge in [0.15, 0.2) is 5.78 Å². The van der Waals surface area contributed by atoms with Crippen molar-refractivity contribution in [3.05, 3.63) is 65.2 Å². The molecule has 2 aromatic carbocycles. The molecule has 33 heavy (non-hydrogen) atoms. The number of benzene rings is 2. The van der Waals surface area contributed by atoms with Gasteiger partial charge in [0.25, 0.3) is 0 Å². The van der Waals surface area contributed by atoms with Gasteiger partial charge in [0, 0.05) is 51.5 Å². The Morgan fingerprint density at radius 1 is 0.939 bits per heavy atom. The molecule has 2 rings (SSSR count). The molecular formula is C26H39N5O2. The molecule has 2 atom stereocenters. The fourth-order valence-corrected chi connectivity index (χ4v) is 3.91. The van der Waals surface area contributed by atoms with Gasteiger partial charge in [-0.15, -0.1) is 0 Å². The van der Waals surface area contributed by atoms with Crippen molar-refractivity contribution >= 4 is 17.4 Å². The first kappa shape index (κ1) is 26.5. The van der Waals surface area contributed by atoms with Crippen LogP contribution in [0.1, 0.15) is 47.7 Å². The van der Waals surface area contributed by atoms with Crippen LogP contribution in [0.4, 0.5) is 5.69 Å². The van der Waals surface area contributed by atoms with Crippen molar-refractivity contribution in [2.24, 2.45) is 17.2 Å². The highest BCUT2D eigenvalue weighted by Gasteiger charge is 2.33. The second-order valence-corrected chi connectivity index (χ2v) is 8.78. The number of rotatable bonds is 12. The summed E-state index contributed by atoms with van der Waals surface area (Å²) in [6, 6.07) is 15.3. The minimum Gasteiger partial charge on any atom is -0.373 e. The zero-order chi connectivity index (χ0) is 24.6. The van der Waals surface area contributed by atoms with E-state index in [2.05, 4.69) is 0 Å². The lowest BCUT2D eigenvalue weighted by atomic mass is 9.82. The lowest BCUT2D eigenvalue weighted by molar-refractivity contribution is -0.131. The maximum atomic E-state index is 13.3. The molecule has 0 heterocycles. The third-order valence-corrected chi connectivity index (χ3v) is 6.33. The number of ketones is 1. The molecule has 0 aromatic heterocycles. The Hall–Kier alpha value is -2.74. The van der Waals surface area contributed by atoms with Crippen LogP contribution in [-0.2, 0) is 11.2 Å². The lowest BCUT2D eigenvalue weighted by Gasteiger charge is -2.27. The van der Waals surface area contributed by atoms with Gasteiger partial charge in [-0.25, -0.2) is 0 Å². The topological polar surface area (TPSA) is 119 Å². The molecule has 2 unspecified atom stereocenters. The van der Waals surface area contributed by atoms with Gasteiger partial charge >= 0.3 is 0 Å². The molecule has 0 aliphatic carbocycles. The van der Waals surface area contributed by atoms with E-state index in [1.165, 1.54) is 0 Å². The van der Waals surface area contributed by atoms with Crippen LogP contribution < -0.4 is 22.1 Å². The SMILES string of the molecule is CCC(N)(Cc1ccc(C(C)C(=O)N(C)CCN)cc1)C(=O)c1ccc(N(C)CCN)cc1. The van der Waals surface area contributed by atoms with Crippen LogP contribution in [0.2, 0.25) is 0 Å². The summed E-state index contributed by atoms with van der Waals surface area (Å²) in [5, 5.41) is 0. The van der Waals surface area contributed by atoms with E-state index < -0.39 is 5.54 Å². The highest BCUT2D eigenvalue weighted by molar-refractivity contribution is 6.03. The molecule has 7 heteroatoms. The number of nitrogens with two attached hydrogens (primary N) is 3. The summed E-state index contributed by atoms with van der Waals surface area (Å²) in [5.74, 6) is -0.304. The van der Waals surface area contributed by atoms with Gasteiger partial charge < -0.3 is 27.0 Å². The normalized spacial score (nSPS) is 13.8. The van der Waals surface area contributed by atoms with Crippen LogP contribution in [0.15, 0.2) is 48.5 Å². The third kappa shape index (κ3) is 6.63. The van der Waals surface area contributed by atoms with Crippen molar-refractivity contribution < 1.29 is 9.59 Å². The van der Waals surface area contributed by atoms with Crippen LogP contribution in [-0.4, -0.2) is 62.4 Å². The number of likely N-dealkylation sites (N-methyl/N-ethyl adjacent to an activating group) is 2. The highest BCUT2D eigenvalue weighted by Crippen LogP contribution is 2.24. The molecule has 0 fully saturated rings. The van der Waals surface area contributed by atoms with Crippen molar-refractivity contribution in [1.29, 1.82) is 0 Å². The number of hydrogen-bond acceptors (Lipinski definition) is 6. The summed E-state index contributed by atoms with van der Waals surface area (Å²) in [7, 11) is 3.73. The number of amides is 1. The second-order valence-electron chi connectivity index (χ2n) is 8.78. The van der Waals surface area contributed by atoms with E-state index in [1.807, 2.05) is 74.3 Å². The van der Waals surface area contributed by atoms with Crippen LogP contribution in [0.25, 0.3) is 0 Å². The van der Waals surface area contributed by atoms with Gasteiger partial charge in [-0.2, -0.15) is 0 Å². The first-order chi connectivity index (χ1) is 15.7. The van der Waals surface area contributed by atoms with Gasteiger partial charge in [-0.05, 0) is 55.2 Å². The molecule has 0 saturated heterocycles. The van der Waals surface area contributed by atoms with E-state index in [1.54, 1.807) is 11.9 Å². The van der Waals surface area contributed by atoms with Crippen LogP contribution in [0.5, 0.6) is 0 Å². The van der Waals surface area contributed by atoms with Crippen LogP contribution in [0, 0.1) is 0 Å². The Bertz CT molecular complexity index is 913. The molecule has 0 bridgehead atoms. The third-order valence-electron chi connectivity index (χ3n) is 6.33. The van der Waals surface area contributed by atoms with Gasteiger partial charge in [-0.3, -0.25) is 9.59 Å². The molecule has 2 aromatic rings. The van der Waals surface area contributed by atoms with Gasteiger partial charge in [-0.1, -0.05) is 31.2 Å². The Morgan fingerprint density at radius 2 is 1.52 bits per heavy atom. The van der Waals surface area contributed by atoms with Crippen molar-refractivity contribution in [2.45, 2.75) is 38.1 Å². The minimum atomic E-state index is -1.00. The van der Waals surface area contributed by atoms with Crippen molar-refractivity contribution in [3.8, 4) is 0 Å². The summed E-state index contributed by atoms with van der Waals surface area (Å²) in [6.45, 7) is 6.09. The van der Waals surface area contributed by atoms with Crippen LogP contribution >= 0.6 is 0 Å². The van der Waals surface area contributed by atoms with E-state index in [0.29, 0.717) is 38.0 Å². The number of carbonyl (C=O) groups excluding carboxylic acids is 2. The summed E-state index contributed by atoms with van der Waals surface area (Å²) >= 11 is 0. The second kappa shape index (κ2) is 11.9. The Balaban J connectivity index is 2.13. The van der Waals surface area contributed by atoms with E-state index >= 15 is 0 Å². The maximum Gasteiger partial charge on any atom is 0.229 e. The maximum absolute atomic E-state index is 13.3. The molecular weight excluding hydrogens is 414 g/mol. The van der Waals surface area contributed by atoms with Crippen molar-refractivity contribution in [1.82, 2.24) is 4.90 Å². The van der Waals surface area contributed by atoms with Gasteiger partial charge in [0.2, 0.25) is 5.91 Å². The number of nitrogens with zero attached hydrogens (tertiary/aromatic N) is 2. The first-order valence-corrected chi connectivity index (χ1v) is 11.6. The molecule has 0 aliphatic heterocycles. The minimum absolute atomic E-state index is 0.0330. The summed E-state index contributed by atoms with van der Waals surface area (Å²) in [5.41, 5.74) is 20.3. The average Bonchev–Trinajstić information content (AvgIpc) is 2.83. The van der Waals surface area contributed by atoms with Gasteiger partial charge in [0.1, 0.15) is 0 Å². The van der Waals surface area contributed by atoms with E-state index in [-0.39, 0.29) is 17.6 Å². The smallest absolute Gasteiger partial charge is 0.229 e. The monoisotopic (exact) mass is 453 g/mol. The molecule has 0 spiro atoms. The molecule has 0 radical (unpaired) electrons. The number of Topliss-reactive ketones (excluding diaryl/α,β-unsaturated/α-hetero) is 1. The predicted molar refractivity (Wildman–Crippen MR) is 136 cm³/mol. The predicted octanol–water partition coefficient (Wildman–Crippen LogP) is 2.14. The fraction of sp³-hybridized carbons (Fsp3) is 0.462. The molecule has 7 nitrogen and oxygen atoms in total.